The molecule has 0 saturated carbocycles. The second-order valence-corrected chi connectivity index (χ2v) is 7.76. The number of carbonyl (C=O) groups is 1. The van der Waals surface area contributed by atoms with Crippen molar-refractivity contribution < 1.29 is 9.53 Å². The van der Waals surface area contributed by atoms with Crippen LogP contribution in [-0.2, 0) is 22.4 Å². The van der Waals surface area contributed by atoms with Gasteiger partial charge in [-0.05, 0) is 86.5 Å². The van der Waals surface area contributed by atoms with Crippen LogP contribution in [0.3, 0.4) is 0 Å². The van der Waals surface area contributed by atoms with Crippen molar-refractivity contribution in [2.75, 3.05) is 6.61 Å². The number of carbonyl (C=O) groups excluding carboxylic acids is 1. The van der Waals surface area contributed by atoms with Gasteiger partial charge in [-0.3, -0.25) is 4.79 Å². The zero-order valence-corrected chi connectivity index (χ0v) is 16.3. The van der Waals surface area contributed by atoms with Gasteiger partial charge in [-0.1, -0.05) is 43.4 Å². The lowest BCUT2D eigenvalue weighted by atomic mass is 9.83. The average Bonchev–Trinajstić information content (AvgIpc) is 2.68. The van der Waals surface area contributed by atoms with E-state index >= 15 is 0 Å². The fourth-order valence-electron chi connectivity index (χ4n) is 4.19. The van der Waals surface area contributed by atoms with Crippen LogP contribution in [0.25, 0.3) is 0 Å². The van der Waals surface area contributed by atoms with E-state index in [0.717, 1.165) is 25.7 Å². The van der Waals surface area contributed by atoms with Gasteiger partial charge >= 0.3 is 0 Å². The van der Waals surface area contributed by atoms with Gasteiger partial charge in [0.2, 0.25) is 0 Å². The molecule has 1 aromatic carbocycles. The van der Waals surface area contributed by atoms with Crippen LogP contribution < -0.4 is 0 Å². The van der Waals surface area contributed by atoms with Crippen molar-refractivity contribution in [3.63, 3.8) is 0 Å². The Kier molecular flexibility index (Phi) is 6.85. The van der Waals surface area contributed by atoms with Crippen LogP contribution in [0.4, 0.5) is 0 Å². The number of Topliss-reactive ketones (excluding diaryl/α,β-unsaturated/α-hetero) is 1. The maximum Gasteiger partial charge on any atom is 0.155 e. The Morgan fingerprint density at radius 2 is 1.96 bits per heavy atom. The molecule has 2 aliphatic rings. The Hall–Kier alpha value is -1.67. The molecule has 3 rings (SSSR count). The lowest BCUT2D eigenvalue weighted by molar-refractivity contribution is -0.122. The van der Waals surface area contributed by atoms with Gasteiger partial charge in [-0.25, -0.2) is 0 Å². The molecular formula is C24H32O2. The van der Waals surface area contributed by atoms with E-state index in [4.69, 9.17) is 4.74 Å². The van der Waals surface area contributed by atoms with Gasteiger partial charge in [-0.15, -0.1) is 0 Å². The second-order valence-electron chi connectivity index (χ2n) is 7.76. The Morgan fingerprint density at radius 3 is 2.65 bits per heavy atom. The first-order valence-corrected chi connectivity index (χ1v) is 10.3. The molecule has 0 saturated heterocycles. The number of ether oxygens (including phenoxy) is 1. The highest BCUT2D eigenvalue weighted by atomic mass is 16.5. The Bertz CT molecular complexity index is 683. The standard InChI is InChI=1S/C24H32O2/c1-3-19(23-14-13-20-9-7-8-12-22(20)15-23)16-24(26-17-18(2)25)21-10-5-4-6-11-21/h5,10-11,13-15,19,24H,3-4,6-9,12,16-17H2,1-2H3/t19-,24-/m0/s1. The summed E-state index contributed by atoms with van der Waals surface area (Å²) in [5.41, 5.74) is 5.77. The summed E-state index contributed by atoms with van der Waals surface area (Å²) in [7, 11) is 0. The van der Waals surface area contributed by atoms with Crippen LogP contribution in [-0.4, -0.2) is 18.5 Å². The molecule has 0 aliphatic heterocycles. The van der Waals surface area contributed by atoms with E-state index in [0.29, 0.717) is 5.92 Å². The molecule has 0 aromatic heterocycles. The normalized spacial score (nSPS) is 18.8. The summed E-state index contributed by atoms with van der Waals surface area (Å²) in [4.78, 5) is 11.5. The predicted molar refractivity (Wildman–Crippen MR) is 108 cm³/mol. The molecule has 140 valence electrons. The number of hydrogen-bond acceptors (Lipinski definition) is 2. The fourth-order valence-corrected chi connectivity index (χ4v) is 4.19. The summed E-state index contributed by atoms with van der Waals surface area (Å²) in [5, 5.41) is 0. The first-order chi connectivity index (χ1) is 12.7. The lowest BCUT2D eigenvalue weighted by Gasteiger charge is -2.26. The van der Waals surface area contributed by atoms with Crippen molar-refractivity contribution in [2.45, 2.75) is 77.2 Å². The molecule has 2 heteroatoms. The molecule has 2 nitrogen and oxygen atoms in total. The number of hydrogen-bond donors (Lipinski definition) is 0. The van der Waals surface area contributed by atoms with Gasteiger partial charge in [0.15, 0.2) is 5.78 Å². The molecule has 0 N–H and O–H groups in total. The summed E-state index contributed by atoms with van der Waals surface area (Å²) in [6.45, 7) is 4.07. The first-order valence-electron chi connectivity index (χ1n) is 10.3. The predicted octanol–water partition coefficient (Wildman–Crippen LogP) is 5.70. The third-order valence-electron chi connectivity index (χ3n) is 5.72. The third-order valence-corrected chi connectivity index (χ3v) is 5.72. The van der Waals surface area contributed by atoms with Crippen LogP contribution in [0.15, 0.2) is 42.0 Å². The molecule has 1 aromatic rings. The summed E-state index contributed by atoms with van der Waals surface area (Å²) in [6, 6.07) is 7.11. The molecule has 26 heavy (non-hydrogen) atoms. The molecule has 0 radical (unpaired) electrons. The van der Waals surface area contributed by atoms with Crippen LogP contribution in [0, 0.1) is 0 Å². The Labute approximate surface area is 158 Å². The molecule has 2 atom stereocenters. The van der Waals surface area contributed by atoms with Crippen molar-refractivity contribution in [1.29, 1.82) is 0 Å². The number of rotatable bonds is 8. The first kappa shape index (κ1) is 19.1. The van der Waals surface area contributed by atoms with Gasteiger partial charge in [0.05, 0.1) is 6.10 Å². The highest BCUT2D eigenvalue weighted by Gasteiger charge is 2.22. The minimum absolute atomic E-state index is 0.0106. The summed E-state index contributed by atoms with van der Waals surface area (Å²) in [6.07, 6.45) is 16.0. The molecule has 0 heterocycles. The summed E-state index contributed by atoms with van der Waals surface area (Å²) >= 11 is 0. The Balaban J connectivity index is 1.77. The van der Waals surface area contributed by atoms with Gasteiger partial charge in [0, 0.05) is 0 Å². The topological polar surface area (TPSA) is 26.3 Å². The van der Waals surface area contributed by atoms with E-state index < -0.39 is 0 Å². The number of fused-ring (bicyclic) bond motifs is 1. The zero-order valence-electron chi connectivity index (χ0n) is 16.3. The molecule has 0 amide bonds. The van der Waals surface area contributed by atoms with Crippen LogP contribution in [0.1, 0.15) is 75.0 Å². The van der Waals surface area contributed by atoms with E-state index in [9.17, 15) is 4.79 Å². The SMILES string of the molecule is CC[C@@H](C[C@H](OCC(C)=O)C1=CCCC=C1)c1ccc2c(c1)CCCC2. The molecule has 0 fully saturated rings. The van der Waals surface area contributed by atoms with E-state index in [1.54, 1.807) is 12.5 Å². The summed E-state index contributed by atoms with van der Waals surface area (Å²) in [5.74, 6) is 0.563. The Morgan fingerprint density at radius 1 is 1.15 bits per heavy atom. The average molecular weight is 353 g/mol. The van der Waals surface area contributed by atoms with E-state index in [1.807, 2.05) is 0 Å². The van der Waals surface area contributed by atoms with Crippen LogP contribution >= 0.6 is 0 Å². The maximum atomic E-state index is 11.5. The smallest absolute Gasteiger partial charge is 0.155 e. The number of ketones is 1. The fraction of sp³-hybridized carbons (Fsp3) is 0.542. The van der Waals surface area contributed by atoms with E-state index in [-0.39, 0.29) is 18.5 Å². The third kappa shape index (κ3) is 4.94. The second kappa shape index (κ2) is 9.32. The van der Waals surface area contributed by atoms with Crippen molar-refractivity contribution in [2.24, 2.45) is 0 Å². The van der Waals surface area contributed by atoms with Crippen molar-refractivity contribution in [3.05, 3.63) is 58.7 Å². The van der Waals surface area contributed by atoms with E-state index in [1.165, 1.54) is 42.4 Å². The monoisotopic (exact) mass is 352 g/mol. The van der Waals surface area contributed by atoms with Crippen molar-refractivity contribution in [3.8, 4) is 0 Å². The van der Waals surface area contributed by atoms with Crippen LogP contribution in [0.5, 0.6) is 0 Å². The molecule has 2 aliphatic carbocycles. The van der Waals surface area contributed by atoms with Gasteiger partial charge in [-0.2, -0.15) is 0 Å². The maximum absolute atomic E-state index is 11.5. The van der Waals surface area contributed by atoms with Crippen molar-refractivity contribution >= 4 is 5.78 Å². The van der Waals surface area contributed by atoms with Crippen LogP contribution in [0.2, 0.25) is 0 Å². The minimum Gasteiger partial charge on any atom is -0.366 e. The molecule has 0 spiro atoms. The van der Waals surface area contributed by atoms with Gasteiger partial charge in [0.1, 0.15) is 6.61 Å². The highest BCUT2D eigenvalue weighted by molar-refractivity contribution is 5.76. The van der Waals surface area contributed by atoms with Crippen molar-refractivity contribution in [1.82, 2.24) is 0 Å². The van der Waals surface area contributed by atoms with Gasteiger partial charge < -0.3 is 4.74 Å². The largest absolute Gasteiger partial charge is 0.366 e. The minimum atomic E-state index is 0.0106. The zero-order chi connectivity index (χ0) is 18.4. The highest BCUT2D eigenvalue weighted by Crippen LogP contribution is 2.32. The van der Waals surface area contributed by atoms with E-state index in [2.05, 4.69) is 43.4 Å². The summed E-state index contributed by atoms with van der Waals surface area (Å²) < 4.78 is 6.04. The number of allylic oxidation sites excluding steroid dienone is 2. The molecule has 0 bridgehead atoms. The number of aryl methyl sites for hydroxylation is 2. The quantitative estimate of drug-likeness (QED) is 0.600. The van der Waals surface area contributed by atoms with Gasteiger partial charge in [0.25, 0.3) is 0 Å². The molecule has 0 unspecified atom stereocenters. The molecular weight excluding hydrogens is 320 g/mol. The lowest BCUT2D eigenvalue weighted by Crippen LogP contribution is -2.22. The number of benzene rings is 1.